The molecule has 8 heteroatoms. The Balaban J connectivity index is 2.00. The van der Waals surface area contributed by atoms with Gasteiger partial charge in [-0.1, -0.05) is 0 Å². The predicted molar refractivity (Wildman–Crippen MR) is 74.5 cm³/mol. The van der Waals surface area contributed by atoms with Crippen molar-refractivity contribution in [3.05, 3.63) is 18.0 Å². The molecule has 0 amide bonds. The molecule has 0 spiro atoms. The number of thioether (sulfide) groups is 1. The van der Waals surface area contributed by atoms with Crippen molar-refractivity contribution in [2.45, 2.75) is 25.8 Å². The maximum Gasteiger partial charge on any atom is 0.299 e. The highest BCUT2D eigenvalue weighted by Gasteiger charge is 2.21. The van der Waals surface area contributed by atoms with Gasteiger partial charge in [0.2, 0.25) is 5.82 Å². The second kappa shape index (κ2) is 5.51. The molecule has 0 saturated carbocycles. The predicted octanol–water partition coefficient (Wildman–Crippen LogP) is 2.39. The van der Waals surface area contributed by atoms with Gasteiger partial charge >= 0.3 is 0 Å². The number of rotatable bonds is 2. The van der Waals surface area contributed by atoms with Gasteiger partial charge in [0.05, 0.1) is 0 Å². The molecule has 1 aliphatic rings. The minimum Gasteiger partial charge on any atom is -0.352 e. The summed E-state index contributed by atoms with van der Waals surface area (Å²) in [6.45, 7) is 3.01. The molecule has 0 N–H and O–H groups in total. The highest BCUT2D eigenvalue weighted by Crippen LogP contribution is 2.23. The quantitative estimate of drug-likeness (QED) is 0.852. The summed E-state index contributed by atoms with van der Waals surface area (Å²) in [5, 5.41) is 11.5. The van der Waals surface area contributed by atoms with Gasteiger partial charge < -0.3 is 4.90 Å². The number of aromatic nitrogens is 4. The lowest BCUT2D eigenvalue weighted by molar-refractivity contribution is 0.137. The van der Waals surface area contributed by atoms with E-state index in [2.05, 4.69) is 27.1 Å². The molecule has 0 radical (unpaired) electrons. The third kappa shape index (κ3) is 2.44. The minimum atomic E-state index is -2.68. The van der Waals surface area contributed by atoms with E-state index >= 15 is 0 Å². The fourth-order valence-corrected chi connectivity index (χ4v) is 3.36. The largest absolute Gasteiger partial charge is 0.352 e. The average Bonchev–Trinajstić information content (AvgIpc) is 2.74. The maximum atomic E-state index is 12.9. The molecule has 5 nitrogen and oxygen atoms in total. The Morgan fingerprint density at radius 1 is 1.30 bits per heavy atom. The first kappa shape index (κ1) is 13.5. The summed E-state index contributed by atoms with van der Waals surface area (Å²) in [7, 11) is 0. The van der Waals surface area contributed by atoms with Crippen molar-refractivity contribution in [1.82, 2.24) is 19.8 Å². The molecule has 1 unspecified atom stereocenters. The smallest absolute Gasteiger partial charge is 0.299 e. The number of hydrogen-bond acceptors (Lipinski definition) is 5. The number of fused-ring (bicyclic) bond motifs is 1. The SMILES string of the molecule is CC1CCSCCN1c1ccc2nnc(C(F)F)n2n1. The molecule has 0 aromatic carbocycles. The first-order valence-corrected chi connectivity index (χ1v) is 7.67. The zero-order chi connectivity index (χ0) is 14.1. The lowest BCUT2D eigenvalue weighted by Crippen LogP contribution is -2.34. The van der Waals surface area contributed by atoms with Gasteiger partial charge in [0, 0.05) is 18.3 Å². The second-order valence-electron chi connectivity index (χ2n) is 4.76. The molecule has 2 aromatic heterocycles. The fraction of sp³-hybridized carbons (Fsp3) is 0.583. The van der Waals surface area contributed by atoms with Crippen molar-refractivity contribution < 1.29 is 8.78 Å². The van der Waals surface area contributed by atoms with Crippen LogP contribution in [-0.2, 0) is 0 Å². The Morgan fingerprint density at radius 2 is 2.15 bits per heavy atom. The molecule has 0 aliphatic carbocycles. The van der Waals surface area contributed by atoms with Crippen LogP contribution in [0.15, 0.2) is 12.1 Å². The summed E-state index contributed by atoms with van der Waals surface area (Å²) in [5.74, 6) is 2.44. The topological polar surface area (TPSA) is 46.3 Å². The molecular weight excluding hydrogens is 284 g/mol. The van der Waals surface area contributed by atoms with Crippen LogP contribution in [0.3, 0.4) is 0 Å². The summed E-state index contributed by atoms with van der Waals surface area (Å²) in [6.07, 6.45) is -1.61. The van der Waals surface area contributed by atoms with E-state index in [0.29, 0.717) is 17.5 Å². The van der Waals surface area contributed by atoms with E-state index in [1.54, 1.807) is 6.07 Å². The van der Waals surface area contributed by atoms with Crippen LogP contribution in [0.5, 0.6) is 0 Å². The Kier molecular flexibility index (Phi) is 3.73. The van der Waals surface area contributed by atoms with Crippen molar-refractivity contribution in [1.29, 1.82) is 0 Å². The molecule has 1 atom stereocenters. The van der Waals surface area contributed by atoms with Gasteiger partial charge in [0.1, 0.15) is 5.82 Å². The molecule has 1 aliphatic heterocycles. The molecule has 20 heavy (non-hydrogen) atoms. The van der Waals surface area contributed by atoms with Gasteiger partial charge in [-0.05, 0) is 31.2 Å². The van der Waals surface area contributed by atoms with Crippen molar-refractivity contribution >= 4 is 23.2 Å². The Hall–Kier alpha value is -1.44. The van der Waals surface area contributed by atoms with E-state index in [0.717, 1.165) is 29.0 Å². The third-order valence-electron chi connectivity index (χ3n) is 3.45. The van der Waals surface area contributed by atoms with Crippen LogP contribution in [0.25, 0.3) is 5.65 Å². The minimum absolute atomic E-state index is 0.348. The van der Waals surface area contributed by atoms with Gasteiger partial charge in [-0.3, -0.25) is 0 Å². The molecule has 0 bridgehead atoms. The molecule has 1 fully saturated rings. The lowest BCUT2D eigenvalue weighted by atomic mass is 10.2. The maximum absolute atomic E-state index is 12.9. The average molecular weight is 299 g/mol. The highest BCUT2D eigenvalue weighted by atomic mass is 32.2. The van der Waals surface area contributed by atoms with Gasteiger partial charge in [-0.15, -0.1) is 15.3 Å². The highest BCUT2D eigenvalue weighted by molar-refractivity contribution is 7.99. The normalized spacial score (nSPS) is 20.6. The van der Waals surface area contributed by atoms with Crippen LogP contribution in [-0.4, -0.2) is 43.9 Å². The second-order valence-corrected chi connectivity index (χ2v) is 5.99. The number of alkyl halides is 2. The number of halogens is 2. The van der Waals surface area contributed by atoms with Crippen molar-refractivity contribution in [2.24, 2.45) is 0 Å². The van der Waals surface area contributed by atoms with Gasteiger partial charge in [0.25, 0.3) is 6.43 Å². The van der Waals surface area contributed by atoms with E-state index in [-0.39, 0.29) is 0 Å². The summed E-state index contributed by atoms with van der Waals surface area (Å²) >= 11 is 1.91. The molecule has 3 heterocycles. The standard InChI is InChI=1S/C12H15F2N5S/c1-8-4-6-20-7-5-18(8)10-3-2-9-15-16-12(11(13)14)19(9)17-10/h2-3,8,11H,4-7H2,1H3. The van der Waals surface area contributed by atoms with Crippen LogP contribution in [0, 0.1) is 0 Å². The summed E-state index contributed by atoms with van der Waals surface area (Å²) in [5.41, 5.74) is 0.348. The van der Waals surface area contributed by atoms with E-state index in [9.17, 15) is 8.78 Å². The van der Waals surface area contributed by atoms with Gasteiger partial charge in [0.15, 0.2) is 5.65 Å². The monoisotopic (exact) mass is 299 g/mol. The van der Waals surface area contributed by atoms with Gasteiger partial charge in [-0.25, -0.2) is 8.78 Å². The molecule has 108 valence electrons. The van der Waals surface area contributed by atoms with Crippen molar-refractivity contribution in [3.8, 4) is 0 Å². The number of hydrogen-bond donors (Lipinski definition) is 0. The third-order valence-corrected chi connectivity index (χ3v) is 4.45. The lowest BCUT2D eigenvalue weighted by Gasteiger charge is -2.27. The number of anilines is 1. The zero-order valence-corrected chi connectivity index (χ0v) is 11.9. The summed E-state index contributed by atoms with van der Waals surface area (Å²) in [6, 6.07) is 3.86. The van der Waals surface area contributed by atoms with Crippen LogP contribution >= 0.6 is 11.8 Å². The summed E-state index contributed by atoms with van der Waals surface area (Å²) in [4.78, 5) is 2.16. The Bertz CT molecular complexity index is 603. The van der Waals surface area contributed by atoms with Crippen LogP contribution < -0.4 is 4.90 Å². The Labute approximate surface area is 119 Å². The fourth-order valence-electron chi connectivity index (χ4n) is 2.32. The molecule has 1 saturated heterocycles. The zero-order valence-electron chi connectivity index (χ0n) is 11.0. The van der Waals surface area contributed by atoms with Gasteiger partial charge in [-0.2, -0.15) is 16.3 Å². The van der Waals surface area contributed by atoms with Crippen LogP contribution in [0.2, 0.25) is 0 Å². The van der Waals surface area contributed by atoms with Crippen LogP contribution in [0.1, 0.15) is 25.6 Å². The van der Waals surface area contributed by atoms with E-state index in [1.165, 1.54) is 0 Å². The van der Waals surface area contributed by atoms with Crippen molar-refractivity contribution in [3.63, 3.8) is 0 Å². The molecule has 3 rings (SSSR count). The Morgan fingerprint density at radius 3 is 2.95 bits per heavy atom. The van der Waals surface area contributed by atoms with E-state index in [4.69, 9.17) is 0 Å². The first-order valence-electron chi connectivity index (χ1n) is 6.51. The summed E-state index contributed by atoms with van der Waals surface area (Å²) < 4.78 is 26.9. The van der Waals surface area contributed by atoms with E-state index < -0.39 is 12.2 Å². The van der Waals surface area contributed by atoms with Crippen LogP contribution in [0.4, 0.5) is 14.6 Å². The molecular formula is C12H15F2N5S. The first-order chi connectivity index (χ1) is 9.66. The number of nitrogens with zero attached hydrogens (tertiary/aromatic N) is 5. The van der Waals surface area contributed by atoms with Crippen molar-refractivity contribution in [2.75, 3.05) is 23.0 Å². The molecule has 2 aromatic rings. The van der Waals surface area contributed by atoms with E-state index in [1.807, 2.05) is 17.8 Å².